The van der Waals surface area contributed by atoms with Gasteiger partial charge in [-0.15, -0.1) is 0 Å². The predicted octanol–water partition coefficient (Wildman–Crippen LogP) is 1.73. The Bertz CT molecular complexity index is 443. The van der Waals surface area contributed by atoms with Crippen LogP contribution in [0.25, 0.3) is 0 Å². The van der Waals surface area contributed by atoms with Crippen LogP contribution in [0.2, 0.25) is 0 Å². The van der Waals surface area contributed by atoms with Crippen molar-refractivity contribution in [2.24, 2.45) is 0 Å². The van der Waals surface area contributed by atoms with E-state index in [0.29, 0.717) is 5.56 Å². The molecule has 0 saturated heterocycles. The van der Waals surface area contributed by atoms with Crippen molar-refractivity contribution in [3.63, 3.8) is 0 Å². The maximum Gasteiger partial charge on any atom is 0.339 e. The summed E-state index contributed by atoms with van der Waals surface area (Å²) in [5.41, 5.74) is 0.493. The maximum atomic E-state index is 11.7. The van der Waals surface area contributed by atoms with Crippen molar-refractivity contribution in [3.8, 4) is 0 Å². The molecule has 0 bridgehead atoms. The molecular formula is C12H12INO3. The van der Waals surface area contributed by atoms with Crippen molar-refractivity contribution in [3.05, 3.63) is 33.4 Å². The lowest BCUT2D eigenvalue weighted by atomic mass is 10.2. The molecule has 1 aliphatic rings. The molecule has 0 unspecified atom stereocenters. The Balaban J connectivity index is 1.84. The molecule has 17 heavy (non-hydrogen) atoms. The first-order valence-electron chi connectivity index (χ1n) is 5.38. The van der Waals surface area contributed by atoms with Gasteiger partial charge in [0, 0.05) is 9.61 Å². The summed E-state index contributed by atoms with van der Waals surface area (Å²) in [6.45, 7) is -0.208. The lowest BCUT2D eigenvalue weighted by molar-refractivity contribution is -0.124. The van der Waals surface area contributed by atoms with Crippen LogP contribution in [0, 0.1) is 3.57 Å². The largest absolute Gasteiger partial charge is 0.452 e. The average Bonchev–Trinajstić information content (AvgIpc) is 3.10. The quantitative estimate of drug-likeness (QED) is 0.668. The molecule has 1 aromatic carbocycles. The van der Waals surface area contributed by atoms with Crippen LogP contribution >= 0.6 is 22.6 Å². The zero-order valence-electron chi connectivity index (χ0n) is 9.11. The Labute approximate surface area is 113 Å². The number of rotatable bonds is 4. The standard InChI is InChI=1S/C12H12INO3/c13-10-4-2-1-3-9(10)12(16)17-7-11(15)14-8-5-6-8/h1-4,8H,5-7H2,(H,14,15). The van der Waals surface area contributed by atoms with Crippen LogP contribution < -0.4 is 5.32 Å². The molecule has 1 amide bonds. The van der Waals surface area contributed by atoms with E-state index in [2.05, 4.69) is 27.9 Å². The van der Waals surface area contributed by atoms with Gasteiger partial charge in [0.1, 0.15) is 0 Å². The van der Waals surface area contributed by atoms with E-state index in [1.807, 2.05) is 12.1 Å². The molecule has 1 fully saturated rings. The third kappa shape index (κ3) is 3.69. The highest BCUT2D eigenvalue weighted by Gasteiger charge is 2.23. The van der Waals surface area contributed by atoms with Gasteiger partial charge in [-0.2, -0.15) is 0 Å². The van der Waals surface area contributed by atoms with Crippen molar-refractivity contribution in [2.45, 2.75) is 18.9 Å². The average molecular weight is 345 g/mol. The smallest absolute Gasteiger partial charge is 0.339 e. The first kappa shape index (κ1) is 12.3. The molecule has 2 rings (SSSR count). The van der Waals surface area contributed by atoms with Gasteiger partial charge in [0.15, 0.2) is 6.61 Å². The number of carbonyl (C=O) groups excluding carboxylic acids is 2. The number of ether oxygens (including phenoxy) is 1. The third-order valence-electron chi connectivity index (χ3n) is 2.37. The van der Waals surface area contributed by atoms with E-state index >= 15 is 0 Å². The van der Waals surface area contributed by atoms with E-state index in [0.717, 1.165) is 16.4 Å². The number of esters is 1. The first-order chi connectivity index (χ1) is 8.16. The number of halogens is 1. The molecule has 1 aliphatic carbocycles. The Kier molecular flexibility index (Phi) is 3.98. The Hall–Kier alpha value is -1.11. The van der Waals surface area contributed by atoms with Gasteiger partial charge in [0.2, 0.25) is 0 Å². The van der Waals surface area contributed by atoms with Crippen LogP contribution in [-0.4, -0.2) is 24.5 Å². The van der Waals surface area contributed by atoms with Gasteiger partial charge in [-0.1, -0.05) is 12.1 Å². The van der Waals surface area contributed by atoms with Gasteiger partial charge in [0.05, 0.1) is 5.56 Å². The Morgan fingerprint density at radius 1 is 1.35 bits per heavy atom. The summed E-state index contributed by atoms with van der Waals surface area (Å²) < 4.78 is 5.76. The highest BCUT2D eigenvalue weighted by molar-refractivity contribution is 14.1. The van der Waals surface area contributed by atoms with Crippen LogP contribution in [0.3, 0.4) is 0 Å². The Morgan fingerprint density at radius 3 is 2.71 bits per heavy atom. The lowest BCUT2D eigenvalue weighted by Crippen LogP contribution is -2.30. The fraction of sp³-hybridized carbons (Fsp3) is 0.333. The van der Waals surface area contributed by atoms with E-state index in [1.165, 1.54) is 0 Å². The topological polar surface area (TPSA) is 55.4 Å². The predicted molar refractivity (Wildman–Crippen MR) is 70.6 cm³/mol. The molecule has 0 aliphatic heterocycles. The van der Waals surface area contributed by atoms with Crippen molar-refractivity contribution in [1.29, 1.82) is 0 Å². The molecule has 0 spiro atoms. The number of carbonyl (C=O) groups is 2. The number of nitrogens with one attached hydrogen (secondary N) is 1. The van der Waals surface area contributed by atoms with Crippen LogP contribution in [0.4, 0.5) is 0 Å². The SMILES string of the molecule is O=C(COC(=O)c1ccccc1I)NC1CC1. The molecule has 4 nitrogen and oxygen atoms in total. The zero-order chi connectivity index (χ0) is 12.3. The molecule has 1 aromatic rings. The fourth-order valence-electron chi connectivity index (χ4n) is 1.33. The molecule has 0 heterocycles. The molecular weight excluding hydrogens is 333 g/mol. The number of hydrogen-bond donors (Lipinski definition) is 1. The number of amides is 1. The van der Waals surface area contributed by atoms with Crippen molar-refractivity contribution >= 4 is 34.5 Å². The highest BCUT2D eigenvalue weighted by Crippen LogP contribution is 2.18. The van der Waals surface area contributed by atoms with Crippen molar-refractivity contribution < 1.29 is 14.3 Å². The van der Waals surface area contributed by atoms with Crippen molar-refractivity contribution in [2.75, 3.05) is 6.61 Å². The summed E-state index contributed by atoms with van der Waals surface area (Å²) in [6.07, 6.45) is 2.05. The minimum Gasteiger partial charge on any atom is -0.452 e. The monoisotopic (exact) mass is 345 g/mol. The van der Waals surface area contributed by atoms with Crippen LogP contribution in [0.5, 0.6) is 0 Å². The van der Waals surface area contributed by atoms with E-state index in [9.17, 15) is 9.59 Å². The number of benzene rings is 1. The van der Waals surface area contributed by atoms with Gasteiger partial charge in [0.25, 0.3) is 5.91 Å². The second-order valence-electron chi connectivity index (χ2n) is 3.90. The molecule has 1 saturated carbocycles. The minimum atomic E-state index is -0.457. The highest BCUT2D eigenvalue weighted by atomic mass is 127. The summed E-state index contributed by atoms with van der Waals surface area (Å²) in [6, 6.07) is 7.41. The second-order valence-corrected chi connectivity index (χ2v) is 5.06. The van der Waals surface area contributed by atoms with Crippen molar-refractivity contribution in [1.82, 2.24) is 5.32 Å². The van der Waals surface area contributed by atoms with E-state index in [1.54, 1.807) is 12.1 Å². The maximum absolute atomic E-state index is 11.7. The lowest BCUT2D eigenvalue weighted by Gasteiger charge is -2.06. The molecule has 0 radical (unpaired) electrons. The van der Waals surface area contributed by atoms with Gasteiger partial charge >= 0.3 is 5.97 Å². The number of hydrogen-bond acceptors (Lipinski definition) is 3. The molecule has 0 atom stereocenters. The van der Waals surface area contributed by atoms with E-state index in [4.69, 9.17) is 4.74 Å². The summed E-state index contributed by atoms with van der Waals surface area (Å²) in [5.74, 6) is -0.687. The normalized spacial score (nSPS) is 14.2. The van der Waals surface area contributed by atoms with Gasteiger partial charge in [-0.25, -0.2) is 4.79 Å². The summed E-state index contributed by atoms with van der Waals surface area (Å²) in [5, 5.41) is 2.76. The summed E-state index contributed by atoms with van der Waals surface area (Å²) >= 11 is 2.06. The summed E-state index contributed by atoms with van der Waals surface area (Å²) in [7, 11) is 0. The van der Waals surface area contributed by atoms with Crippen LogP contribution in [0.15, 0.2) is 24.3 Å². The van der Waals surface area contributed by atoms with E-state index < -0.39 is 5.97 Å². The molecule has 1 N–H and O–H groups in total. The molecule has 5 heteroatoms. The summed E-state index contributed by atoms with van der Waals surface area (Å²) in [4.78, 5) is 23.0. The minimum absolute atomic E-state index is 0.208. The first-order valence-corrected chi connectivity index (χ1v) is 6.45. The van der Waals surface area contributed by atoms with Gasteiger partial charge < -0.3 is 10.1 Å². The Morgan fingerprint density at radius 2 is 2.06 bits per heavy atom. The second kappa shape index (κ2) is 5.48. The van der Waals surface area contributed by atoms with Crippen LogP contribution in [0.1, 0.15) is 23.2 Å². The molecule has 0 aromatic heterocycles. The van der Waals surface area contributed by atoms with Gasteiger partial charge in [-0.05, 0) is 47.6 Å². The fourth-order valence-corrected chi connectivity index (χ4v) is 1.94. The van der Waals surface area contributed by atoms with Gasteiger partial charge in [-0.3, -0.25) is 4.79 Å². The molecule has 90 valence electrons. The third-order valence-corrected chi connectivity index (χ3v) is 3.31. The van der Waals surface area contributed by atoms with Crippen LogP contribution in [-0.2, 0) is 9.53 Å². The van der Waals surface area contributed by atoms with E-state index in [-0.39, 0.29) is 18.6 Å². The zero-order valence-corrected chi connectivity index (χ0v) is 11.3.